The predicted octanol–water partition coefficient (Wildman–Crippen LogP) is 6.74. The van der Waals surface area contributed by atoms with E-state index in [9.17, 15) is 10.1 Å². The van der Waals surface area contributed by atoms with Gasteiger partial charge in [0.05, 0.1) is 31.1 Å². The van der Waals surface area contributed by atoms with Gasteiger partial charge in [0.25, 0.3) is 0 Å². The molecule has 0 bridgehead atoms. The Labute approximate surface area is 206 Å². The topological polar surface area (TPSA) is 99.0 Å². The zero-order valence-electron chi connectivity index (χ0n) is 17.4. The molecule has 4 rings (SSSR count). The molecule has 0 saturated heterocycles. The van der Waals surface area contributed by atoms with Gasteiger partial charge in [-0.15, -0.1) is 0 Å². The number of aromatic amines is 1. The minimum absolute atomic E-state index is 0.227. The molecule has 0 aliphatic rings. The number of rotatable bonds is 6. The molecule has 0 radical (unpaired) electrons. The number of fused-ring (bicyclic) bond motifs is 1. The smallest absolute Gasteiger partial charge is 0.335 e. The fraction of sp³-hybridized carbons (Fsp3) is 0.0800. The van der Waals surface area contributed by atoms with Crippen LogP contribution < -0.4 is 4.74 Å². The van der Waals surface area contributed by atoms with Crippen molar-refractivity contribution < 1.29 is 14.6 Å². The first-order chi connectivity index (χ1) is 15.8. The number of halogens is 2. The van der Waals surface area contributed by atoms with Crippen LogP contribution in [0.2, 0.25) is 0 Å². The van der Waals surface area contributed by atoms with Gasteiger partial charge in [0.15, 0.2) is 0 Å². The van der Waals surface area contributed by atoms with Gasteiger partial charge in [-0.3, -0.25) is 0 Å². The van der Waals surface area contributed by atoms with Crippen molar-refractivity contribution >= 4 is 60.5 Å². The van der Waals surface area contributed by atoms with Crippen molar-refractivity contribution in [3.63, 3.8) is 0 Å². The molecule has 4 aromatic rings. The molecule has 164 valence electrons. The second-order valence-electron chi connectivity index (χ2n) is 7.38. The van der Waals surface area contributed by atoms with E-state index in [2.05, 4.69) is 47.9 Å². The van der Waals surface area contributed by atoms with Gasteiger partial charge in [-0.05, 0) is 97.9 Å². The molecule has 0 aliphatic carbocycles. The third-order valence-electron chi connectivity index (χ3n) is 4.93. The van der Waals surface area contributed by atoms with E-state index >= 15 is 0 Å². The molecule has 8 heteroatoms. The number of benzene rings is 3. The van der Waals surface area contributed by atoms with Crippen molar-refractivity contribution in [3.05, 3.63) is 91.6 Å². The lowest BCUT2D eigenvalue weighted by Crippen LogP contribution is -2.00. The summed E-state index contributed by atoms with van der Waals surface area (Å²) in [6.07, 6.45) is 1.76. The van der Waals surface area contributed by atoms with Crippen LogP contribution >= 0.6 is 31.9 Å². The normalized spacial score (nSPS) is 11.4. The maximum atomic E-state index is 11.0. The van der Waals surface area contributed by atoms with Crippen LogP contribution in [0.1, 0.15) is 32.9 Å². The largest absolute Gasteiger partial charge is 0.487 e. The van der Waals surface area contributed by atoms with Crippen LogP contribution in [0.15, 0.2) is 63.5 Å². The Kier molecular flexibility index (Phi) is 6.63. The van der Waals surface area contributed by atoms with Crippen LogP contribution in [0.25, 0.3) is 22.7 Å². The number of aromatic nitrogens is 2. The summed E-state index contributed by atoms with van der Waals surface area (Å²) in [5.74, 6) is 0.147. The van der Waals surface area contributed by atoms with Gasteiger partial charge >= 0.3 is 5.97 Å². The fourth-order valence-electron chi connectivity index (χ4n) is 3.27. The van der Waals surface area contributed by atoms with E-state index in [1.54, 1.807) is 30.3 Å². The first-order valence-electron chi connectivity index (χ1n) is 9.86. The second kappa shape index (κ2) is 9.61. The average Bonchev–Trinajstić information content (AvgIpc) is 3.20. The van der Waals surface area contributed by atoms with Gasteiger partial charge in [0.2, 0.25) is 0 Å². The summed E-state index contributed by atoms with van der Waals surface area (Å²) in [5, 5.41) is 18.7. The van der Waals surface area contributed by atoms with Gasteiger partial charge in [-0.2, -0.15) is 5.26 Å². The molecule has 1 aromatic heterocycles. The summed E-state index contributed by atoms with van der Waals surface area (Å²) < 4.78 is 7.35. The number of nitrogens with zero attached hydrogens (tertiary/aromatic N) is 2. The summed E-state index contributed by atoms with van der Waals surface area (Å²) in [6.45, 7) is 2.28. The quantitative estimate of drug-likeness (QED) is 0.252. The number of ether oxygens (including phenoxy) is 1. The average molecular weight is 567 g/mol. The molecular formula is C25H17Br2N3O3. The van der Waals surface area contributed by atoms with E-state index in [4.69, 9.17) is 9.84 Å². The van der Waals surface area contributed by atoms with Gasteiger partial charge in [0.1, 0.15) is 24.3 Å². The van der Waals surface area contributed by atoms with E-state index in [-0.39, 0.29) is 12.2 Å². The number of nitriles is 1. The molecule has 0 fully saturated rings. The maximum Gasteiger partial charge on any atom is 0.335 e. The van der Waals surface area contributed by atoms with Crippen molar-refractivity contribution in [2.75, 3.05) is 0 Å². The molecule has 0 atom stereocenters. The lowest BCUT2D eigenvalue weighted by atomic mass is 10.1. The number of carboxylic acids is 1. The molecule has 3 aromatic carbocycles. The van der Waals surface area contributed by atoms with Crippen LogP contribution in [-0.2, 0) is 6.61 Å². The van der Waals surface area contributed by atoms with Gasteiger partial charge in [-0.1, -0.05) is 18.2 Å². The molecule has 0 unspecified atom stereocenters. The van der Waals surface area contributed by atoms with Crippen LogP contribution in [0, 0.1) is 18.3 Å². The standard InChI is InChI=1S/C25H17Br2N3O3/c1-14-2-7-21-22(8-14)30-24(29-21)18(12-28)9-16-10-19(26)23(20(27)11-16)33-13-15-3-5-17(6-4-15)25(31)32/h2-11H,13H2,1H3,(H,29,30)(H,31,32)/b18-9-. The van der Waals surface area contributed by atoms with E-state index in [0.717, 1.165) is 27.7 Å². The Morgan fingerprint density at radius 1 is 1.15 bits per heavy atom. The number of imidazole rings is 1. The number of carbonyl (C=O) groups is 1. The number of allylic oxidation sites excluding steroid dienone is 1. The number of nitrogens with one attached hydrogen (secondary N) is 1. The maximum absolute atomic E-state index is 11.0. The van der Waals surface area contributed by atoms with Crippen molar-refractivity contribution in [2.45, 2.75) is 13.5 Å². The fourth-order valence-corrected chi connectivity index (χ4v) is 4.72. The SMILES string of the molecule is Cc1ccc2nc(/C(C#N)=C\c3cc(Br)c(OCc4ccc(C(=O)O)cc4)c(Br)c3)[nH]c2c1. The summed E-state index contributed by atoms with van der Waals surface area (Å²) in [6, 6.07) is 18.4. The first kappa shape index (κ1) is 22.8. The molecule has 0 spiro atoms. The first-order valence-corrected chi connectivity index (χ1v) is 11.5. The number of aromatic carboxylic acids is 1. The number of aryl methyl sites for hydroxylation is 1. The number of H-pyrrole nitrogens is 1. The Morgan fingerprint density at radius 3 is 2.48 bits per heavy atom. The molecule has 0 amide bonds. The van der Waals surface area contributed by atoms with Crippen molar-refractivity contribution in [1.29, 1.82) is 5.26 Å². The van der Waals surface area contributed by atoms with E-state index in [1.807, 2.05) is 37.3 Å². The van der Waals surface area contributed by atoms with Crippen molar-refractivity contribution in [2.24, 2.45) is 0 Å². The Morgan fingerprint density at radius 2 is 1.85 bits per heavy atom. The van der Waals surface area contributed by atoms with Gasteiger partial charge in [-0.25, -0.2) is 9.78 Å². The summed E-state index contributed by atoms with van der Waals surface area (Å²) in [7, 11) is 0. The van der Waals surface area contributed by atoms with Crippen LogP contribution in [0.5, 0.6) is 5.75 Å². The second-order valence-corrected chi connectivity index (χ2v) is 9.09. The molecule has 33 heavy (non-hydrogen) atoms. The molecule has 0 aliphatic heterocycles. The highest BCUT2D eigenvalue weighted by Crippen LogP contribution is 2.36. The zero-order valence-corrected chi connectivity index (χ0v) is 20.6. The van der Waals surface area contributed by atoms with Crippen molar-refractivity contribution in [1.82, 2.24) is 9.97 Å². The Hall–Kier alpha value is -3.41. The highest BCUT2D eigenvalue weighted by Gasteiger charge is 2.12. The Balaban J connectivity index is 1.56. The number of hydrogen-bond donors (Lipinski definition) is 2. The van der Waals surface area contributed by atoms with Gasteiger partial charge < -0.3 is 14.8 Å². The van der Waals surface area contributed by atoms with Crippen LogP contribution in [0.4, 0.5) is 0 Å². The number of carboxylic acid groups (broad SMARTS) is 1. The lowest BCUT2D eigenvalue weighted by molar-refractivity contribution is 0.0697. The zero-order chi connectivity index (χ0) is 23.5. The predicted molar refractivity (Wildman–Crippen MR) is 134 cm³/mol. The third kappa shape index (κ3) is 5.16. The van der Waals surface area contributed by atoms with E-state index in [1.165, 1.54) is 0 Å². The Bertz CT molecular complexity index is 1410. The summed E-state index contributed by atoms with van der Waals surface area (Å²) >= 11 is 7.08. The van der Waals surface area contributed by atoms with Crippen LogP contribution in [-0.4, -0.2) is 21.0 Å². The molecule has 1 heterocycles. The van der Waals surface area contributed by atoms with Gasteiger partial charge in [0, 0.05) is 0 Å². The minimum Gasteiger partial charge on any atom is -0.487 e. The summed E-state index contributed by atoms with van der Waals surface area (Å²) in [5.41, 5.74) is 5.07. The third-order valence-corrected chi connectivity index (χ3v) is 6.11. The monoisotopic (exact) mass is 565 g/mol. The molecule has 0 saturated carbocycles. The van der Waals surface area contributed by atoms with Crippen LogP contribution in [0.3, 0.4) is 0 Å². The highest BCUT2D eigenvalue weighted by atomic mass is 79.9. The summed E-state index contributed by atoms with van der Waals surface area (Å²) in [4.78, 5) is 18.7. The molecule has 2 N–H and O–H groups in total. The highest BCUT2D eigenvalue weighted by molar-refractivity contribution is 9.11. The van der Waals surface area contributed by atoms with Crippen molar-refractivity contribution in [3.8, 4) is 11.8 Å². The lowest BCUT2D eigenvalue weighted by Gasteiger charge is -2.12. The molecular weight excluding hydrogens is 550 g/mol. The molecule has 6 nitrogen and oxygen atoms in total. The minimum atomic E-state index is -0.967. The van der Waals surface area contributed by atoms with E-state index in [0.29, 0.717) is 26.1 Å². The number of hydrogen-bond acceptors (Lipinski definition) is 4. The van der Waals surface area contributed by atoms with E-state index < -0.39 is 5.97 Å².